The molecule has 1 aliphatic carbocycles. The van der Waals surface area contributed by atoms with Crippen molar-refractivity contribution in [2.24, 2.45) is 5.92 Å². The highest BCUT2D eigenvalue weighted by molar-refractivity contribution is 5.77. The molecule has 7 nitrogen and oxygen atoms in total. The Hall–Kier alpha value is -2.15. The van der Waals surface area contributed by atoms with Crippen LogP contribution in [0.2, 0.25) is 0 Å². The van der Waals surface area contributed by atoms with Gasteiger partial charge < -0.3 is 19.5 Å². The molecule has 1 amide bonds. The van der Waals surface area contributed by atoms with Crippen molar-refractivity contribution in [3.05, 3.63) is 22.4 Å². The molecule has 2 unspecified atom stereocenters. The Morgan fingerprint density at radius 1 is 1.33 bits per heavy atom. The highest BCUT2D eigenvalue weighted by Crippen LogP contribution is 2.35. The number of morpholine rings is 1. The van der Waals surface area contributed by atoms with Crippen LogP contribution in [0, 0.1) is 19.8 Å². The fourth-order valence-electron chi connectivity index (χ4n) is 3.27. The van der Waals surface area contributed by atoms with Crippen LogP contribution >= 0.6 is 0 Å². The second-order valence-corrected chi connectivity index (χ2v) is 6.26. The van der Waals surface area contributed by atoms with Crippen molar-refractivity contribution in [3.8, 4) is 5.88 Å². The van der Waals surface area contributed by atoms with Gasteiger partial charge in [0.2, 0.25) is 11.8 Å². The van der Waals surface area contributed by atoms with E-state index in [1.54, 1.807) is 0 Å². The maximum atomic E-state index is 11.8. The van der Waals surface area contributed by atoms with Crippen LogP contribution in [0.5, 0.6) is 5.88 Å². The second kappa shape index (κ2) is 6.76. The zero-order valence-electron chi connectivity index (χ0n) is 14.2. The SMILES string of the molecule is COC(=O)C1Cc2c(C)nc(OCC3CNC(=O)CO3)c(C)c2C1. The number of carbonyl (C=O) groups is 2. The van der Waals surface area contributed by atoms with Gasteiger partial charge in [0.15, 0.2) is 0 Å². The highest BCUT2D eigenvalue weighted by Gasteiger charge is 2.32. The number of nitrogens with zero attached hydrogens (tertiary/aromatic N) is 1. The largest absolute Gasteiger partial charge is 0.475 e. The maximum absolute atomic E-state index is 11.8. The Balaban J connectivity index is 1.71. The molecule has 0 bridgehead atoms. The Labute approximate surface area is 140 Å². The number of ether oxygens (including phenoxy) is 3. The van der Waals surface area contributed by atoms with Gasteiger partial charge in [-0.05, 0) is 37.8 Å². The molecule has 2 aliphatic rings. The van der Waals surface area contributed by atoms with Gasteiger partial charge in [-0.1, -0.05) is 0 Å². The molecule has 1 fully saturated rings. The van der Waals surface area contributed by atoms with Gasteiger partial charge in [0.05, 0.1) is 13.0 Å². The van der Waals surface area contributed by atoms with Gasteiger partial charge in [-0.15, -0.1) is 0 Å². The predicted molar refractivity (Wildman–Crippen MR) is 84.9 cm³/mol. The first-order valence-corrected chi connectivity index (χ1v) is 8.07. The summed E-state index contributed by atoms with van der Waals surface area (Å²) < 4.78 is 16.1. The number of aromatic nitrogens is 1. The molecule has 130 valence electrons. The van der Waals surface area contributed by atoms with Crippen LogP contribution in [0.3, 0.4) is 0 Å². The minimum Gasteiger partial charge on any atom is -0.475 e. The molecule has 2 atom stereocenters. The first-order chi connectivity index (χ1) is 11.5. The molecule has 1 aliphatic heterocycles. The molecule has 1 N–H and O–H groups in total. The van der Waals surface area contributed by atoms with Crippen molar-refractivity contribution >= 4 is 11.9 Å². The molecule has 1 saturated heterocycles. The lowest BCUT2D eigenvalue weighted by molar-refractivity contribution is -0.145. The minimum absolute atomic E-state index is 0.0600. The molecule has 0 spiro atoms. The monoisotopic (exact) mass is 334 g/mol. The number of amides is 1. The van der Waals surface area contributed by atoms with Crippen molar-refractivity contribution < 1.29 is 23.8 Å². The zero-order valence-corrected chi connectivity index (χ0v) is 14.2. The van der Waals surface area contributed by atoms with Gasteiger partial charge in [-0.3, -0.25) is 9.59 Å². The van der Waals surface area contributed by atoms with E-state index in [1.807, 2.05) is 13.8 Å². The molecule has 0 saturated carbocycles. The average Bonchev–Trinajstić information content (AvgIpc) is 3.04. The molecule has 3 rings (SSSR count). The number of esters is 1. The molecule has 1 aromatic heterocycles. The Bertz CT molecular complexity index is 663. The number of rotatable bonds is 4. The van der Waals surface area contributed by atoms with Gasteiger partial charge >= 0.3 is 5.97 Å². The summed E-state index contributed by atoms with van der Waals surface area (Å²) in [7, 11) is 1.42. The Morgan fingerprint density at radius 3 is 2.75 bits per heavy atom. The molecule has 2 heterocycles. The number of pyridine rings is 1. The summed E-state index contributed by atoms with van der Waals surface area (Å²) in [6.45, 7) is 4.72. The molecular formula is C17H22N2O5. The van der Waals surface area contributed by atoms with Crippen molar-refractivity contribution in [1.29, 1.82) is 0 Å². The minimum atomic E-state index is -0.182. The standard InChI is InChI=1S/C17H22N2O5/c1-9-13-4-11(17(21)22-3)5-14(13)10(2)19-16(9)24-7-12-6-18-15(20)8-23-12/h11-12H,4-8H2,1-3H3,(H,18,20). The molecule has 0 radical (unpaired) electrons. The van der Waals surface area contributed by atoms with Crippen molar-refractivity contribution in [2.45, 2.75) is 32.8 Å². The van der Waals surface area contributed by atoms with Gasteiger partial charge in [0.25, 0.3) is 0 Å². The van der Waals surface area contributed by atoms with Gasteiger partial charge in [-0.25, -0.2) is 4.98 Å². The third-order valence-electron chi connectivity index (χ3n) is 4.66. The van der Waals surface area contributed by atoms with E-state index < -0.39 is 0 Å². The molecule has 1 aromatic rings. The Kier molecular flexibility index (Phi) is 4.71. The van der Waals surface area contributed by atoms with Crippen LogP contribution in [0.1, 0.15) is 22.4 Å². The normalized spacial score (nSPS) is 22.7. The number of aryl methyl sites for hydroxylation is 1. The van der Waals surface area contributed by atoms with Gasteiger partial charge in [0, 0.05) is 17.8 Å². The Morgan fingerprint density at radius 2 is 2.08 bits per heavy atom. The first-order valence-electron chi connectivity index (χ1n) is 8.07. The quantitative estimate of drug-likeness (QED) is 0.806. The van der Waals surface area contributed by atoms with Crippen LogP contribution in [0.25, 0.3) is 0 Å². The third-order valence-corrected chi connectivity index (χ3v) is 4.66. The number of nitrogens with one attached hydrogen (secondary N) is 1. The molecular weight excluding hydrogens is 312 g/mol. The number of fused-ring (bicyclic) bond motifs is 1. The summed E-state index contributed by atoms with van der Waals surface area (Å²) >= 11 is 0. The van der Waals surface area contributed by atoms with Crippen LogP contribution < -0.4 is 10.1 Å². The van der Waals surface area contributed by atoms with E-state index in [1.165, 1.54) is 7.11 Å². The van der Waals surface area contributed by atoms with Crippen molar-refractivity contribution in [3.63, 3.8) is 0 Å². The smallest absolute Gasteiger partial charge is 0.309 e. The first kappa shape index (κ1) is 16.7. The lowest BCUT2D eigenvalue weighted by Gasteiger charge is -2.23. The van der Waals surface area contributed by atoms with E-state index in [2.05, 4.69) is 10.3 Å². The maximum Gasteiger partial charge on any atom is 0.309 e. The van der Waals surface area contributed by atoms with Crippen LogP contribution in [0.15, 0.2) is 0 Å². The molecule has 0 aromatic carbocycles. The molecule has 7 heteroatoms. The fraction of sp³-hybridized carbons (Fsp3) is 0.588. The summed E-state index contributed by atoms with van der Waals surface area (Å²) in [6, 6.07) is 0. The molecule has 24 heavy (non-hydrogen) atoms. The van der Waals surface area contributed by atoms with Gasteiger partial charge in [-0.2, -0.15) is 0 Å². The average molecular weight is 334 g/mol. The number of methoxy groups -OCH3 is 1. The summed E-state index contributed by atoms with van der Waals surface area (Å²) in [4.78, 5) is 27.5. The third kappa shape index (κ3) is 3.21. The highest BCUT2D eigenvalue weighted by atomic mass is 16.5. The van der Waals surface area contributed by atoms with E-state index in [0.29, 0.717) is 31.9 Å². The van der Waals surface area contributed by atoms with Crippen molar-refractivity contribution in [2.75, 3.05) is 26.9 Å². The van der Waals surface area contributed by atoms with E-state index >= 15 is 0 Å². The zero-order chi connectivity index (χ0) is 17.3. The van der Waals surface area contributed by atoms with E-state index in [0.717, 1.165) is 22.4 Å². The summed E-state index contributed by atoms with van der Waals surface area (Å²) in [6.07, 6.45) is 1.14. The van der Waals surface area contributed by atoms with E-state index in [9.17, 15) is 9.59 Å². The number of hydrogen-bond donors (Lipinski definition) is 1. The van der Waals surface area contributed by atoms with Crippen molar-refractivity contribution in [1.82, 2.24) is 10.3 Å². The second-order valence-electron chi connectivity index (χ2n) is 6.26. The van der Waals surface area contributed by atoms with Gasteiger partial charge in [0.1, 0.15) is 19.3 Å². The summed E-state index contributed by atoms with van der Waals surface area (Å²) in [5.74, 6) is 0.134. The fourth-order valence-corrected chi connectivity index (χ4v) is 3.27. The predicted octanol–water partition coefficient (Wildman–Crippen LogP) is 0.480. The summed E-state index contributed by atoms with van der Waals surface area (Å²) in [5.41, 5.74) is 4.10. The van der Waals surface area contributed by atoms with Crippen LogP contribution in [-0.4, -0.2) is 49.8 Å². The lowest BCUT2D eigenvalue weighted by atomic mass is 10.0. The number of hydrogen-bond acceptors (Lipinski definition) is 6. The topological polar surface area (TPSA) is 86.8 Å². The van der Waals surface area contributed by atoms with Crippen LogP contribution in [-0.2, 0) is 31.9 Å². The summed E-state index contributed by atoms with van der Waals surface area (Å²) in [5, 5.41) is 2.75. The lowest BCUT2D eigenvalue weighted by Crippen LogP contribution is -2.45. The van der Waals surface area contributed by atoms with Crippen LogP contribution in [0.4, 0.5) is 0 Å². The number of carbonyl (C=O) groups excluding carboxylic acids is 2. The van der Waals surface area contributed by atoms with E-state index in [-0.39, 0.29) is 30.5 Å². The van der Waals surface area contributed by atoms with E-state index in [4.69, 9.17) is 14.2 Å².